The maximum Gasteiger partial charge on any atom is 0.254 e. The Kier molecular flexibility index (Phi) is 3.33. The molecule has 0 aromatic heterocycles. The van der Waals surface area contributed by atoms with Gasteiger partial charge in [-0.1, -0.05) is 6.07 Å². The van der Waals surface area contributed by atoms with Gasteiger partial charge in [-0.3, -0.25) is 4.79 Å². The molecule has 4 nitrogen and oxygen atoms in total. The van der Waals surface area contributed by atoms with Gasteiger partial charge in [0.2, 0.25) is 0 Å². The molecule has 17 heavy (non-hydrogen) atoms. The van der Waals surface area contributed by atoms with Gasteiger partial charge in [0.1, 0.15) is 5.75 Å². The first-order valence-electron chi connectivity index (χ1n) is 5.86. The Balaban J connectivity index is 2.10. The molecule has 0 bridgehead atoms. The number of carbonyl (C=O) groups excluding carboxylic acids is 1. The van der Waals surface area contributed by atoms with E-state index < -0.39 is 0 Å². The molecule has 1 aromatic rings. The number of amides is 1. The Morgan fingerprint density at radius 1 is 1.41 bits per heavy atom. The summed E-state index contributed by atoms with van der Waals surface area (Å²) in [5, 5.41) is 9.38. The summed E-state index contributed by atoms with van der Waals surface area (Å²) in [6.45, 7) is 4.49. The number of piperazine rings is 1. The molecule has 1 aliphatic heterocycles. The third-order valence-electron chi connectivity index (χ3n) is 3.34. The predicted molar refractivity (Wildman–Crippen MR) is 66.1 cm³/mol. The van der Waals surface area contributed by atoms with Crippen LogP contribution in [0, 0.1) is 0 Å². The SMILES string of the molecule is CC1CN(C(=O)c2cccc(O)c2)CCN1C. The second-order valence-electron chi connectivity index (χ2n) is 4.63. The van der Waals surface area contributed by atoms with Crippen molar-refractivity contribution in [2.24, 2.45) is 0 Å². The fourth-order valence-corrected chi connectivity index (χ4v) is 2.05. The first-order valence-corrected chi connectivity index (χ1v) is 5.86. The number of likely N-dealkylation sites (N-methyl/N-ethyl adjacent to an activating group) is 1. The summed E-state index contributed by atoms with van der Waals surface area (Å²) in [6.07, 6.45) is 0. The van der Waals surface area contributed by atoms with Crippen molar-refractivity contribution in [1.29, 1.82) is 0 Å². The van der Waals surface area contributed by atoms with Crippen LogP contribution in [0.25, 0.3) is 0 Å². The molecule has 1 aliphatic rings. The van der Waals surface area contributed by atoms with Gasteiger partial charge in [-0.15, -0.1) is 0 Å². The van der Waals surface area contributed by atoms with Gasteiger partial charge < -0.3 is 14.9 Å². The van der Waals surface area contributed by atoms with Gasteiger partial charge in [0.05, 0.1) is 0 Å². The molecular formula is C13H18N2O2. The molecule has 1 fully saturated rings. The van der Waals surface area contributed by atoms with Crippen molar-refractivity contribution in [2.75, 3.05) is 26.7 Å². The Morgan fingerprint density at radius 2 is 2.18 bits per heavy atom. The second kappa shape index (κ2) is 4.75. The lowest BCUT2D eigenvalue weighted by molar-refractivity contribution is 0.0572. The fraction of sp³-hybridized carbons (Fsp3) is 0.462. The lowest BCUT2D eigenvalue weighted by Crippen LogP contribution is -2.51. The highest BCUT2D eigenvalue weighted by Crippen LogP contribution is 2.15. The summed E-state index contributed by atoms with van der Waals surface area (Å²) in [5.41, 5.74) is 0.557. The van der Waals surface area contributed by atoms with Crippen LogP contribution in [0.5, 0.6) is 5.75 Å². The third kappa shape index (κ3) is 2.58. The topological polar surface area (TPSA) is 43.8 Å². The number of benzene rings is 1. The van der Waals surface area contributed by atoms with Gasteiger partial charge in [-0.05, 0) is 32.2 Å². The zero-order valence-corrected chi connectivity index (χ0v) is 10.3. The Hall–Kier alpha value is -1.55. The number of aromatic hydroxyl groups is 1. The minimum absolute atomic E-state index is 0.000787. The van der Waals surface area contributed by atoms with Crippen molar-refractivity contribution < 1.29 is 9.90 Å². The Labute approximate surface area is 101 Å². The van der Waals surface area contributed by atoms with Gasteiger partial charge in [0.25, 0.3) is 5.91 Å². The molecule has 0 radical (unpaired) electrons. The smallest absolute Gasteiger partial charge is 0.254 e. The first kappa shape index (κ1) is 11.9. The van der Waals surface area contributed by atoms with E-state index in [2.05, 4.69) is 18.9 Å². The molecule has 1 heterocycles. The summed E-state index contributed by atoms with van der Waals surface area (Å²) in [7, 11) is 2.07. The summed E-state index contributed by atoms with van der Waals surface area (Å²) in [6, 6.07) is 6.91. The lowest BCUT2D eigenvalue weighted by atomic mass is 10.1. The highest BCUT2D eigenvalue weighted by atomic mass is 16.3. The van der Waals surface area contributed by atoms with Gasteiger partial charge in [0.15, 0.2) is 0 Å². The fourth-order valence-electron chi connectivity index (χ4n) is 2.05. The van der Waals surface area contributed by atoms with Crippen LogP contribution in [0.1, 0.15) is 17.3 Å². The van der Waals surface area contributed by atoms with Crippen molar-refractivity contribution in [3.63, 3.8) is 0 Å². The van der Waals surface area contributed by atoms with E-state index in [0.29, 0.717) is 11.6 Å². The monoisotopic (exact) mass is 234 g/mol. The highest BCUT2D eigenvalue weighted by molar-refractivity contribution is 5.94. The molecular weight excluding hydrogens is 216 g/mol. The van der Waals surface area contributed by atoms with Crippen molar-refractivity contribution in [3.8, 4) is 5.75 Å². The number of nitrogens with zero attached hydrogens (tertiary/aromatic N) is 2. The lowest BCUT2D eigenvalue weighted by Gasteiger charge is -2.37. The molecule has 4 heteroatoms. The minimum Gasteiger partial charge on any atom is -0.508 e. The van der Waals surface area contributed by atoms with Gasteiger partial charge in [0, 0.05) is 31.2 Å². The van der Waals surface area contributed by atoms with E-state index >= 15 is 0 Å². The van der Waals surface area contributed by atoms with Crippen LogP contribution in [-0.4, -0.2) is 53.5 Å². The predicted octanol–water partition coefficient (Wildman–Crippen LogP) is 1.17. The molecule has 1 N–H and O–H groups in total. The molecule has 1 saturated heterocycles. The number of hydrogen-bond acceptors (Lipinski definition) is 3. The van der Waals surface area contributed by atoms with Crippen LogP contribution in [0.3, 0.4) is 0 Å². The van der Waals surface area contributed by atoms with E-state index in [0.717, 1.165) is 19.6 Å². The average Bonchev–Trinajstić information content (AvgIpc) is 2.32. The minimum atomic E-state index is 0.000787. The quantitative estimate of drug-likeness (QED) is 0.793. The van der Waals surface area contributed by atoms with E-state index in [-0.39, 0.29) is 11.7 Å². The van der Waals surface area contributed by atoms with E-state index in [1.807, 2.05) is 4.90 Å². The number of phenolic OH excluding ortho intramolecular Hbond substituents is 1. The van der Waals surface area contributed by atoms with Crippen LogP contribution < -0.4 is 0 Å². The maximum atomic E-state index is 12.2. The van der Waals surface area contributed by atoms with Crippen LogP contribution in [-0.2, 0) is 0 Å². The molecule has 1 atom stereocenters. The summed E-state index contributed by atoms with van der Waals surface area (Å²) < 4.78 is 0. The van der Waals surface area contributed by atoms with E-state index in [1.165, 1.54) is 6.07 Å². The molecule has 1 unspecified atom stereocenters. The summed E-state index contributed by atoms with van der Waals surface area (Å²) in [4.78, 5) is 16.3. The molecule has 0 spiro atoms. The Morgan fingerprint density at radius 3 is 2.82 bits per heavy atom. The zero-order chi connectivity index (χ0) is 12.4. The summed E-state index contributed by atoms with van der Waals surface area (Å²) in [5.74, 6) is 0.138. The van der Waals surface area contributed by atoms with Crippen LogP contribution in [0.2, 0.25) is 0 Å². The van der Waals surface area contributed by atoms with E-state index in [1.54, 1.807) is 18.2 Å². The van der Waals surface area contributed by atoms with Gasteiger partial charge in [-0.25, -0.2) is 0 Å². The van der Waals surface area contributed by atoms with Crippen molar-refractivity contribution in [3.05, 3.63) is 29.8 Å². The molecule has 0 aliphatic carbocycles. The van der Waals surface area contributed by atoms with E-state index in [4.69, 9.17) is 0 Å². The maximum absolute atomic E-state index is 12.2. The Bertz CT molecular complexity index is 420. The molecule has 0 saturated carbocycles. The number of phenols is 1. The standard InChI is InChI=1S/C13H18N2O2/c1-10-9-15(7-6-14(10)2)13(17)11-4-3-5-12(16)8-11/h3-5,8,10,16H,6-7,9H2,1-2H3. The van der Waals surface area contributed by atoms with Crippen LogP contribution in [0.15, 0.2) is 24.3 Å². The van der Waals surface area contributed by atoms with Crippen molar-refractivity contribution in [1.82, 2.24) is 9.80 Å². The normalized spacial score (nSPS) is 21.5. The zero-order valence-electron chi connectivity index (χ0n) is 10.3. The van der Waals surface area contributed by atoms with E-state index in [9.17, 15) is 9.90 Å². The number of rotatable bonds is 1. The first-order chi connectivity index (χ1) is 8.08. The second-order valence-corrected chi connectivity index (χ2v) is 4.63. The average molecular weight is 234 g/mol. The third-order valence-corrected chi connectivity index (χ3v) is 3.34. The molecule has 1 amide bonds. The van der Waals surface area contributed by atoms with Crippen LogP contribution in [0.4, 0.5) is 0 Å². The molecule has 2 rings (SSSR count). The summed E-state index contributed by atoms with van der Waals surface area (Å²) >= 11 is 0. The largest absolute Gasteiger partial charge is 0.508 e. The van der Waals surface area contributed by atoms with Crippen molar-refractivity contribution in [2.45, 2.75) is 13.0 Å². The molecule has 92 valence electrons. The van der Waals surface area contributed by atoms with Gasteiger partial charge in [-0.2, -0.15) is 0 Å². The van der Waals surface area contributed by atoms with Gasteiger partial charge >= 0.3 is 0 Å². The number of hydrogen-bond donors (Lipinski definition) is 1. The molecule has 1 aromatic carbocycles. The van der Waals surface area contributed by atoms with Crippen LogP contribution >= 0.6 is 0 Å². The van der Waals surface area contributed by atoms with Crippen molar-refractivity contribution >= 4 is 5.91 Å². The number of carbonyl (C=O) groups is 1. The highest BCUT2D eigenvalue weighted by Gasteiger charge is 2.24.